The van der Waals surface area contributed by atoms with Gasteiger partial charge in [0.1, 0.15) is 11.5 Å². The first-order valence-electron chi connectivity index (χ1n) is 6.44. The van der Waals surface area contributed by atoms with E-state index < -0.39 is 0 Å². The van der Waals surface area contributed by atoms with Gasteiger partial charge in [0, 0.05) is 24.2 Å². The molecule has 0 amide bonds. The number of rotatable bonds is 2. The maximum absolute atomic E-state index is 12.5. The summed E-state index contributed by atoms with van der Waals surface area (Å²) in [5.41, 5.74) is 1.46. The highest BCUT2D eigenvalue weighted by molar-refractivity contribution is 6.14. The monoisotopic (exact) mass is 269 g/mol. The lowest BCUT2D eigenvalue weighted by atomic mass is 9.96. The van der Waals surface area contributed by atoms with Crippen molar-refractivity contribution < 1.29 is 13.6 Å². The average Bonchev–Trinajstić information content (AvgIpc) is 3.08. The van der Waals surface area contributed by atoms with Gasteiger partial charge in [-0.2, -0.15) is 0 Å². The van der Waals surface area contributed by atoms with Crippen LogP contribution in [0.5, 0.6) is 0 Å². The highest BCUT2D eigenvalue weighted by atomic mass is 16.3. The van der Waals surface area contributed by atoms with Crippen LogP contribution in [0.1, 0.15) is 11.5 Å². The molecule has 1 fully saturated rings. The summed E-state index contributed by atoms with van der Waals surface area (Å²) in [4.78, 5) is 14.6. The van der Waals surface area contributed by atoms with E-state index >= 15 is 0 Å². The van der Waals surface area contributed by atoms with Gasteiger partial charge in [-0.25, -0.2) is 0 Å². The summed E-state index contributed by atoms with van der Waals surface area (Å²) in [6, 6.07) is 7.29. The molecule has 0 bridgehead atoms. The van der Waals surface area contributed by atoms with Gasteiger partial charge in [0.05, 0.1) is 12.5 Å². The average molecular weight is 269 g/mol. The van der Waals surface area contributed by atoms with E-state index in [9.17, 15) is 4.79 Å². The third-order valence-corrected chi connectivity index (χ3v) is 3.18. The highest BCUT2D eigenvalue weighted by Crippen LogP contribution is 2.21. The van der Waals surface area contributed by atoms with E-state index in [4.69, 9.17) is 8.83 Å². The van der Waals surface area contributed by atoms with E-state index in [1.807, 2.05) is 31.3 Å². The molecule has 1 saturated heterocycles. The van der Waals surface area contributed by atoms with Crippen LogP contribution in [0.15, 0.2) is 56.8 Å². The minimum atomic E-state index is 0.0518. The highest BCUT2D eigenvalue weighted by Gasteiger charge is 2.24. The summed E-state index contributed by atoms with van der Waals surface area (Å²) in [7, 11) is 1.98. The van der Waals surface area contributed by atoms with Crippen LogP contribution >= 0.6 is 0 Å². The number of hydrogen-bond acceptors (Lipinski definition) is 4. The van der Waals surface area contributed by atoms with Gasteiger partial charge in [-0.1, -0.05) is 0 Å². The zero-order chi connectivity index (χ0) is 13.9. The second-order valence-electron chi connectivity index (χ2n) is 4.87. The minimum Gasteiger partial charge on any atom is -0.465 e. The van der Waals surface area contributed by atoms with Crippen molar-refractivity contribution in [1.82, 2.24) is 4.90 Å². The number of likely N-dealkylation sites (tertiary alicyclic amines) is 1. The molecule has 4 heteroatoms. The first-order valence-corrected chi connectivity index (χ1v) is 6.44. The van der Waals surface area contributed by atoms with Crippen molar-refractivity contribution in [3.8, 4) is 0 Å². The summed E-state index contributed by atoms with van der Waals surface area (Å²) >= 11 is 0. The molecule has 3 rings (SSSR count). The Morgan fingerprint density at radius 1 is 1.00 bits per heavy atom. The van der Waals surface area contributed by atoms with Crippen LogP contribution in [0, 0.1) is 0 Å². The fourth-order valence-electron chi connectivity index (χ4n) is 2.30. The Labute approximate surface area is 117 Å². The van der Waals surface area contributed by atoms with Crippen LogP contribution < -0.4 is 0 Å². The zero-order valence-electron chi connectivity index (χ0n) is 11.2. The van der Waals surface area contributed by atoms with Gasteiger partial charge in [-0.15, -0.1) is 0 Å². The fourth-order valence-corrected chi connectivity index (χ4v) is 2.30. The molecule has 1 aliphatic rings. The van der Waals surface area contributed by atoms with E-state index in [1.165, 1.54) is 0 Å². The Morgan fingerprint density at radius 2 is 1.50 bits per heavy atom. The molecular formula is C16H15NO3. The number of likely N-dealkylation sites (N-methyl/N-ethyl adjacent to an activating group) is 1. The molecule has 0 spiro atoms. The molecule has 0 N–H and O–H groups in total. The third-order valence-electron chi connectivity index (χ3n) is 3.18. The van der Waals surface area contributed by atoms with Crippen LogP contribution in [-0.2, 0) is 4.79 Å². The Hall–Kier alpha value is -2.33. The molecule has 102 valence electrons. The molecule has 20 heavy (non-hydrogen) atoms. The SMILES string of the molecule is CN1C/C(=C/c2ccco2)C(=O)/C(=C\c2ccco2)C1. The number of carbonyl (C=O) groups excluding carboxylic acids is 1. The predicted molar refractivity (Wildman–Crippen MR) is 75.9 cm³/mol. The minimum absolute atomic E-state index is 0.0518. The third kappa shape index (κ3) is 2.65. The molecule has 4 nitrogen and oxygen atoms in total. The molecule has 0 aromatic carbocycles. The molecule has 2 aromatic rings. The number of hydrogen-bond donors (Lipinski definition) is 0. The second kappa shape index (κ2) is 5.35. The van der Waals surface area contributed by atoms with Crippen molar-refractivity contribution in [1.29, 1.82) is 0 Å². The first kappa shape index (κ1) is 12.7. The van der Waals surface area contributed by atoms with E-state index in [2.05, 4.69) is 4.90 Å². The van der Waals surface area contributed by atoms with Gasteiger partial charge in [0.2, 0.25) is 0 Å². The normalized spacial score (nSPS) is 20.9. The smallest absolute Gasteiger partial charge is 0.187 e. The van der Waals surface area contributed by atoms with Crippen LogP contribution in [0.25, 0.3) is 12.2 Å². The van der Waals surface area contributed by atoms with E-state index in [1.54, 1.807) is 24.7 Å². The zero-order valence-corrected chi connectivity index (χ0v) is 11.2. The van der Waals surface area contributed by atoms with Crippen molar-refractivity contribution in [3.05, 3.63) is 59.5 Å². The van der Waals surface area contributed by atoms with E-state index in [0.717, 1.165) is 11.1 Å². The Balaban J connectivity index is 1.92. The van der Waals surface area contributed by atoms with Gasteiger partial charge in [-0.3, -0.25) is 9.69 Å². The van der Waals surface area contributed by atoms with Gasteiger partial charge in [-0.05, 0) is 43.5 Å². The number of Topliss-reactive ketones (excluding diaryl/α,β-unsaturated/α-hetero) is 1. The largest absolute Gasteiger partial charge is 0.465 e. The Kier molecular flexibility index (Phi) is 3.39. The summed E-state index contributed by atoms with van der Waals surface area (Å²) in [5.74, 6) is 1.44. The fraction of sp³-hybridized carbons (Fsp3) is 0.188. The molecule has 2 aromatic heterocycles. The van der Waals surface area contributed by atoms with Crippen LogP contribution in [0.4, 0.5) is 0 Å². The lowest BCUT2D eigenvalue weighted by molar-refractivity contribution is -0.113. The molecular weight excluding hydrogens is 254 g/mol. The quantitative estimate of drug-likeness (QED) is 0.786. The number of ketones is 1. The Morgan fingerprint density at radius 3 is 1.90 bits per heavy atom. The number of carbonyl (C=O) groups is 1. The molecule has 1 aliphatic heterocycles. The predicted octanol–water partition coefficient (Wildman–Crippen LogP) is 2.85. The van der Waals surface area contributed by atoms with Crippen molar-refractivity contribution in [2.75, 3.05) is 20.1 Å². The maximum atomic E-state index is 12.5. The van der Waals surface area contributed by atoms with Gasteiger partial charge in [0.25, 0.3) is 0 Å². The summed E-state index contributed by atoms with van der Waals surface area (Å²) in [6.45, 7) is 1.24. The van der Waals surface area contributed by atoms with Crippen molar-refractivity contribution >= 4 is 17.9 Å². The molecule has 0 atom stereocenters. The second-order valence-corrected chi connectivity index (χ2v) is 4.87. The van der Waals surface area contributed by atoms with E-state index in [0.29, 0.717) is 24.6 Å². The lowest BCUT2D eigenvalue weighted by Crippen LogP contribution is -2.34. The van der Waals surface area contributed by atoms with Crippen molar-refractivity contribution in [3.63, 3.8) is 0 Å². The summed E-state index contributed by atoms with van der Waals surface area (Å²) in [5, 5.41) is 0. The standard InChI is InChI=1S/C16H15NO3/c1-17-10-12(8-14-4-2-6-19-14)16(18)13(11-17)9-15-5-3-7-20-15/h2-9H,10-11H2,1H3/b12-8-,13-9-. The van der Waals surface area contributed by atoms with Crippen molar-refractivity contribution in [2.45, 2.75) is 0 Å². The number of piperidine rings is 1. The number of furan rings is 2. The van der Waals surface area contributed by atoms with Crippen molar-refractivity contribution in [2.24, 2.45) is 0 Å². The van der Waals surface area contributed by atoms with Crippen LogP contribution in [-0.4, -0.2) is 30.8 Å². The molecule has 3 heterocycles. The Bertz CT molecular complexity index is 592. The topological polar surface area (TPSA) is 46.6 Å². The molecule has 0 unspecified atom stereocenters. The van der Waals surface area contributed by atoms with Crippen LogP contribution in [0.3, 0.4) is 0 Å². The summed E-state index contributed by atoms with van der Waals surface area (Å²) < 4.78 is 10.6. The van der Waals surface area contributed by atoms with Gasteiger partial charge < -0.3 is 8.83 Å². The molecule has 0 radical (unpaired) electrons. The molecule has 0 aliphatic carbocycles. The molecule has 0 saturated carbocycles. The maximum Gasteiger partial charge on any atom is 0.187 e. The van der Waals surface area contributed by atoms with Gasteiger partial charge >= 0.3 is 0 Å². The van der Waals surface area contributed by atoms with Crippen LogP contribution in [0.2, 0.25) is 0 Å². The first-order chi connectivity index (χ1) is 9.72. The number of nitrogens with zero attached hydrogens (tertiary/aromatic N) is 1. The lowest BCUT2D eigenvalue weighted by Gasteiger charge is -2.25. The van der Waals surface area contributed by atoms with E-state index in [-0.39, 0.29) is 5.78 Å². The summed E-state index contributed by atoms with van der Waals surface area (Å²) in [6.07, 6.45) is 6.80. The van der Waals surface area contributed by atoms with Gasteiger partial charge in [0.15, 0.2) is 5.78 Å².